The van der Waals surface area contributed by atoms with Gasteiger partial charge in [0.25, 0.3) is 5.69 Å². The van der Waals surface area contributed by atoms with Gasteiger partial charge in [0.2, 0.25) is 6.79 Å². The van der Waals surface area contributed by atoms with Crippen molar-refractivity contribution in [1.82, 2.24) is 0 Å². The van der Waals surface area contributed by atoms with Crippen molar-refractivity contribution in [2.75, 3.05) is 6.79 Å². The van der Waals surface area contributed by atoms with Crippen LogP contribution in [0.5, 0.6) is 17.2 Å². The molecule has 0 atom stereocenters. The van der Waals surface area contributed by atoms with E-state index in [2.05, 4.69) is 6.07 Å². The van der Waals surface area contributed by atoms with Crippen LogP contribution in [0.2, 0.25) is 0 Å². The number of fused-ring (bicyclic) bond motifs is 1. The number of hydrogen-bond donors (Lipinski definition) is 0. The van der Waals surface area contributed by atoms with Gasteiger partial charge in [-0.3, -0.25) is 10.1 Å². The SMILES string of the molecule is N#C/C(=C/c1ccccc1OCc1ccc([N+](=O)[O-])cc1)c1ccc2c(c1)OCO2. The number of nitro groups is 1. The first kappa shape index (κ1) is 19.0. The molecular weight excluding hydrogens is 384 g/mol. The Kier molecular flexibility index (Phi) is 5.31. The standard InChI is InChI=1S/C23H16N2O5/c24-13-19(17-7-10-22-23(12-17)30-15-29-22)11-18-3-1-2-4-21(18)28-14-16-5-8-20(9-6-16)25(26)27/h1-12H,14-15H2/b19-11-. The van der Waals surface area contributed by atoms with Gasteiger partial charge in [-0.1, -0.05) is 18.2 Å². The van der Waals surface area contributed by atoms with Gasteiger partial charge in [0.15, 0.2) is 11.5 Å². The molecule has 30 heavy (non-hydrogen) atoms. The number of benzene rings is 3. The summed E-state index contributed by atoms with van der Waals surface area (Å²) >= 11 is 0. The lowest BCUT2D eigenvalue weighted by Gasteiger charge is -2.10. The van der Waals surface area contributed by atoms with Gasteiger partial charge < -0.3 is 14.2 Å². The first-order valence-corrected chi connectivity index (χ1v) is 9.11. The second-order valence-electron chi connectivity index (χ2n) is 6.49. The van der Waals surface area contributed by atoms with Crippen LogP contribution >= 0.6 is 0 Å². The van der Waals surface area contributed by atoms with E-state index >= 15 is 0 Å². The molecule has 4 rings (SSSR count). The molecule has 3 aromatic carbocycles. The zero-order valence-corrected chi connectivity index (χ0v) is 15.8. The van der Waals surface area contributed by atoms with Crippen molar-refractivity contribution in [2.45, 2.75) is 6.61 Å². The van der Waals surface area contributed by atoms with Crippen molar-refractivity contribution >= 4 is 17.3 Å². The Bertz CT molecular complexity index is 1160. The highest BCUT2D eigenvalue weighted by molar-refractivity contribution is 5.91. The molecule has 7 heteroatoms. The van der Waals surface area contributed by atoms with E-state index in [1.165, 1.54) is 12.1 Å². The van der Waals surface area contributed by atoms with Crippen LogP contribution in [0.15, 0.2) is 66.7 Å². The third kappa shape index (κ3) is 4.08. The average Bonchev–Trinajstić information content (AvgIpc) is 3.25. The van der Waals surface area contributed by atoms with E-state index in [-0.39, 0.29) is 19.1 Å². The summed E-state index contributed by atoms with van der Waals surface area (Å²) in [5, 5.41) is 20.4. The molecule has 7 nitrogen and oxygen atoms in total. The summed E-state index contributed by atoms with van der Waals surface area (Å²) in [6.07, 6.45) is 1.75. The lowest BCUT2D eigenvalue weighted by Crippen LogP contribution is -1.97. The van der Waals surface area contributed by atoms with Crippen molar-refractivity contribution in [3.05, 3.63) is 93.5 Å². The lowest BCUT2D eigenvalue weighted by atomic mass is 10.0. The summed E-state index contributed by atoms with van der Waals surface area (Å²) in [6, 6.07) is 21.2. The second kappa shape index (κ2) is 8.37. The smallest absolute Gasteiger partial charge is 0.269 e. The van der Waals surface area contributed by atoms with E-state index in [1.54, 1.807) is 30.3 Å². The van der Waals surface area contributed by atoms with Crippen LogP contribution in [0.4, 0.5) is 5.69 Å². The Hall–Kier alpha value is -4.31. The Labute approximate surface area is 172 Å². The lowest BCUT2D eigenvalue weighted by molar-refractivity contribution is -0.384. The van der Waals surface area contributed by atoms with Gasteiger partial charge >= 0.3 is 0 Å². The zero-order chi connectivity index (χ0) is 20.9. The number of nitrogens with zero attached hydrogens (tertiary/aromatic N) is 2. The molecule has 0 amide bonds. The zero-order valence-electron chi connectivity index (χ0n) is 15.8. The van der Waals surface area contributed by atoms with Gasteiger partial charge in [-0.05, 0) is 53.6 Å². The monoisotopic (exact) mass is 400 g/mol. The van der Waals surface area contributed by atoms with Crippen molar-refractivity contribution in [2.24, 2.45) is 0 Å². The van der Waals surface area contributed by atoms with Crippen LogP contribution in [0.25, 0.3) is 11.6 Å². The summed E-state index contributed by atoms with van der Waals surface area (Å²) in [7, 11) is 0. The highest BCUT2D eigenvalue weighted by Crippen LogP contribution is 2.35. The third-order valence-corrected chi connectivity index (χ3v) is 4.56. The molecule has 1 aliphatic rings. The molecule has 0 N–H and O–H groups in total. The average molecular weight is 400 g/mol. The molecular formula is C23H16N2O5. The third-order valence-electron chi connectivity index (χ3n) is 4.56. The van der Waals surface area contributed by atoms with Gasteiger partial charge in [0, 0.05) is 17.7 Å². The largest absolute Gasteiger partial charge is 0.488 e. The molecule has 3 aromatic rings. The molecule has 148 valence electrons. The van der Waals surface area contributed by atoms with Gasteiger partial charge in [-0.25, -0.2) is 0 Å². The fourth-order valence-corrected chi connectivity index (χ4v) is 3.01. The van der Waals surface area contributed by atoms with E-state index < -0.39 is 4.92 Å². The predicted octanol–water partition coefficient (Wildman–Crippen LogP) is 4.97. The quantitative estimate of drug-likeness (QED) is 0.251. The van der Waals surface area contributed by atoms with E-state index in [0.717, 1.165) is 11.1 Å². The highest BCUT2D eigenvalue weighted by atomic mass is 16.7. The van der Waals surface area contributed by atoms with E-state index in [0.29, 0.717) is 28.4 Å². The topological polar surface area (TPSA) is 94.6 Å². The molecule has 1 heterocycles. The predicted molar refractivity (Wildman–Crippen MR) is 110 cm³/mol. The molecule has 0 unspecified atom stereocenters. The van der Waals surface area contributed by atoms with E-state index in [9.17, 15) is 15.4 Å². The minimum Gasteiger partial charge on any atom is -0.488 e. The first-order chi connectivity index (χ1) is 14.6. The number of allylic oxidation sites excluding steroid dienone is 1. The number of hydrogen-bond acceptors (Lipinski definition) is 6. The van der Waals surface area contributed by atoms with Gasteiger partial charge in [0.1, 0.15) is 12.4 Å². The maximum absolute atomic E-state index is 10.8. The van der Waals surface area contributed by atoms with Crippen LogP contribution < -0.4 is 14.2 Å². The molecule has 0 aromatic heterocycles. The number of ether oxygens (including phenoxy) is 3. The van der Waals surface area contributed by atoms with Crippen molar-refractivity contribution < 1.29 is 19.1 Å². The van der Waals surface area contributed by atoms with Crippen LogP contribution in [-0.4, -0.2) is 11.7 Å². The van der Waals surface area contributed by atoms with Crippen molar-refractivity contribution in [1.29, 1.82) is 5.26 Å². The maximum atomic E-state index is 10.8. The van der Waals surface area contributed by atoms with Gasteiger partial charge in [-0.15, -0.1) is 0 Å². The number of rotatable bonds is 6. The Morgan fingerprint density at radius 1 is 1.10 bits per heavy atom. The number of para-hydroxylation sites is 1. The number of nitro benzene ring substituents is 1. The normalized spacial score (nSPS) is 12.3. The fourth-order valence-electron chi connectivity index (χ4n) is 3.01. The molecule has 0 spiro atoms. The van der Waals surface area contributed by atoms with Gasteiger partial charge in [0.05, 0.1) is 16.6 Å². The number of non-ortho nitro benzene ring substituents is 1. The van der Waals surface area contributed by atoms with Gasteiger partial charge in [-0.2, -0.15) is 5.26 Å². The molecule has 0 bridgehead atoms. The minimum absolute atomic E-state index is 0.0319. The van der Waals surface area contributed by atoms with Crippen LogP contribution in [0.1, 0.15) is 16.7 Å². The van der Waals surface area contributed by atoms with E-state index in [4.69, 9.17) is 14.2 Å². The molecule has 0 radical (unpaired) electrons. The van der Waals surface area contributed by atoms with Crippen molar-refractivity contribution in [3.8, 4) is 23.3 Å². The Morgan fingerprint density at radius 3 is 2.63 bits per heavy atom. The molecule has 0 aliphatic carbocycles. The second-order valence-corrected chi connectivity index (χ2v) is 6.49. The molecule has 0 fully saturated rings. The summed E-state index contributed by atoms with van der Waals surface area (Å²) in [5.41, 5.74) is 2.75. The van der Waals surface area contributed by atoms with E-state index in [1.807, 2.05) is 30.3 Å². The summed E-state index contributed by atoms with van der Waals surface area (Å²) in [4.78, 5) is 10.3. The first-order valence-electron chi connectivity index (χ1n) is 9.11. The fraction of sp³-hybridized carbons (Fsp3) is 0.0870. The molecule has 1 aliphatic heterocycles. The van der Waals surface area contributed by atoms with Crippen LogP contribution in [0.3, 0.4) is 0 Å². The van der Waals surface area contributed by atoms with Crippen molar-refractivity contribution in [3.63, 3.8) is 0 Å². The summed E-state index contributed by atoms with van der Waals surface area (Å²) in [5.74, 6) is 1.86. The van der Waals surface area contributed by atoms with Crippen LogP contribution in [-0.2, 0) is 6.61 Å². The summed E-state index contributed by atoms with van der Waals surface area (Å²) in [6.45, 7) is 0.415. The molecule has 0 saturated carbocycles. The Balaban J connectivity index is 1.56. The maximum Gasteiger partial charge on any atom is 0.269 e. The molecule has 0 saturated heterocycles. The van der Waals surface area contributed by atoms with Crippen LogP contribution in [0, 0.1) is 21.4 Å². The minimum atomic E-state index is -0.440. The summed E-state index contributed by atoms with van der Waals surface area (Å²) < 4.78 is 16.6. The Morgan fingerprint density at radius 2 is 1.87 bits per heavy atom. The number of nitriles is 1. The highest BCUT2D eigenvalue weighted by Gasteiger charge is 2.15.